The predicted molar refractivity (Wildman–Crippen MR) is 94.5 cm³/mol. The van der Waals surface area contributed by atoms with Crippen LogP contribution in [0.2, 0.25) is 0 Å². The van der Waals surface area contributed by atoms with Crippen LogP contribution in [0.3, 0.4) is 0 Å². The van der Waals surface area contributed by atoms with Gasteiger partial charge in [-0.25, -0.2) is 4.79 Å². The molecule has 25 heavy (non-hydrogen) atoms. The van der Waals surface area contributed by atoms with E-state index in [1.165, 1.54) is 31.2 Å². The average molecular weight is 406 g/mol. The third-order valence-corrected chi connectivity index (χ3v) is 4.14. The smallest absolute Gasteiger partial charge is 0.326 e. The lowest BCUT2D eigenvalue weighted by Gasteiger charge is -2.15. The van der Waals surface area contributed by atoms with Crippen molar-refractivity contribution in [2.75, 3.05) is 0 Å². The van der Waals surface area contributed by atoms with Crippen LogP contribution in [0.15, 0.2) is 53.0 Å². The van der Waals surface area contributed by atoms with Crippen LogP contribution in [-0.4, -0.2) is 29.0 Å². The molecule has 0 saturated heterocycles. The number of ether oxygens (including phenoxy) is 1. The number of aliphatic carboxylic acids is 1. The Kier molecular flexibility index (Phi) is 6.30. The topological polar surface area (TPSA) is 92.7 Å². The third-order valence-electron chi connectivity index (χ3n) is 3.36. The number of nitrogens with one attached hydrogen (secondary N) is 1. The van der Waals surface area contributed by atoms with Crippen LogP contribution >= 0.6 is 15.9 Å². The van der Waals surface area contributed by atoms with Crippen molar-refractivity contribution in [3.63, 3.8) is 0 Å². The van der Waals surface area contributed by atoms with Gasteiger partial charge >= 0.3 is 11.9 Å². The number of carbonyl (C=O) groups is 3. The van der Waals surface area contributed by atoms with Crippen molar-refractivity contribution in [1.29, 1.82) is 0 Å². The summed E-state index contributed by atoms with van der Waals surface area (Å²) in [5.74, 6) is -1.79. The molecule has 0 unspecified atom stereocenters. The van der Waals surface area contributed by atoms with Gasteiger partial charge in [-0.05, 0) is 35.9 Å². The number of amides is 1. The number of carboxylic acids is 1. The first kappa shape index (κ1) is 18.7. The molecule has 7 heteroatoms. The van der Waals surface area contributed by atoms with E-state index in [1.54, 1.807) is 12.1 Å². The van der Waals surface area contributed by atoms with E-state index >= 15 is 0 Å². The molecule has 0 aliphatic carbocycles. The molecule has 2 aromatic carbocycles. The van der Waals surface area contributed by atoms with E-state index in [4.69, 9.17) is 4.74 Å². The summed E-state index contributed by atoms with van der Waals surface area (Å²) in [7, 11) is 0. The van der Waals surface area contributed by atoms with Crippen molar-refractivity contribution in [2.24, 2.45) is 0 Å². The molecular weight excluding hydrogens is 390 g/mol. The maximum absolute atomic E-state index is 12.3. The molecule has 0 spiro atoms. The predicted octanol–water partition coefficient (Wildman–Crippen LogP) is 2.80. The van der Waals surface area contributed by atoms with Crippen LogP contribution in [0.4, 0.5) is 0 Å². The summed E-state index contributed by atoms with van der Waals surface area (Å²) in [5, 5.41) is 11.9. The number of benzene rings is 2. The maximum Gasteiger partial charge on any atom is 0.326 e. The van der Waals surface area contributed by atoms with Gasteiger partial charge in [-0.3, -0.25) is 9.59 Å². The van der Waals surface area contributed by atoms with Crippen molar-refractivity contribution < 1.29 is 24.2 Å². The molecule has 0 saturated carbocycles. The van der Waals surface area contributed by atoms with Crippen LogP contribution in [0.1, 0.15) is 22.8 Å². The minimum atomic E-state index is -1.12. The minimum Gasteiger partial charge on any atom is -0.480 e. The highest BCUT2D eigenvalue weighted by molar-refractivity contribution is 9.10. The molecule has 0 radical (unpaired) electrons. The van der Waals surface area contributed by atoms with E-state index in [0.717, 1.165) is 10.0 Å². The van der Waals surface area contributed by atoms with E-state index in [-0.39, 0.29) is 12.0 Å². The summed E-state index contributed by atoms with van der Waals surface area (Å²) in [6.07, 6.45) is 0.147. The Morgan fingerprint density at radius 3 is 2.32 bits per heavy atom. The Morgan fingerprint density at radius 2 is 1.76 bits per heavy atom. The highest BCUT2D eigenvalue weighted by Gasteiger charge is 2.22. The maximum atomic E-state index is 12.3. The summed E-state index contributed by atoms with van der Waals surface area (Å²) >= 11 is 3.37. The number of rotatable bonds is 6. The molecule has 0 aromatic heterocycles. The SMILES string of the molecule is CC(=O)Oc1ccc(C(=O)N[C@@H](Cc2ccccc2Br)C(=O)O)cc1. The normalized spacial score (nSPS) is 11.4. The molecule has 130 valence electrons. The number of halogens is 1. The summed E-state index contributed by atoms with van der Waals surface area (Å²) in [4.78, 5) is 34.6. The fourth-order valence-corrected chi connectivity index (χ4v) is 2.61. The van der Waals surface area contributed by atoms with Crippen LogP contribution in [-0.2, 0) is 16.0 Å². The largest absolute Gasteiger partial charge is 0.480 e. The monoisotopic (exact) mass is 405 g/mol. The van der Waals surface area contributed by atoms with Gasteiger partial charge in [-0.1, -0.05) is 34.1 Å². The zero-order valence-corrected chi connectivity index (χ0v) is 14.9. The first-order valence-electron chi connectivity index (χ1n) is 7.42. The molecule has 0 aliphatic heterocycles. The lowest BCUT2D eigenvalue weighted by atomic mass is 10.1. The van der Waals surface area contributed by atoms with E-state index < -0.39 is 23.9 Å². The van der Waals surface area contributed by atoms with E-state index in [1.807, 2.05) is 12.1 Å². The number of hydrogen-bond donors (Lipinski definition) is 2. The summed E-state index contributed by atoms with van der Waals surface area (Å²) in [5.41, 5.74) is 1.05. The highest BCUT2D eigenvalue weighted by Crippen LogP contribution is 2.18. The molecule has 6 nitrogen and oxygen atoms in total. The lowest BCUT2D eigenvalue weighted by molar-refractivity contribution is -0.139. The van der Waals surface area contributed by atoms with E-state index in [9.17, 15) is 19.5 Å². The van der Waals surface area contributed by atoms with Gasteiger partial charge in [0.25, 0.3) is 5.91 Å². The van der Waals surface area contributed by atoms with Crippen LogP contribution in [0.25, 0.3) is 0 Å². The van der Waals surface area contributed by atoms with Crippen molar-refractivity contribution >= 4 is 33.8 Å². The summed E-state index contributed by atoms with van der Waals surface area (Å²) in [6, 6.07) is 12.0. The first-order valence-corrected chi connectivity index (χ1v) is 8.21. The number of hydrogen-bond acceptors (Lipinski definition) is 4. The van der Waals surface area contributed by atoms with Crippen molar-refractivity contribution in [3.05, 3.63) is 64.1 Å². The zero-order chi connectivity index (χ0) is 18.4. The molecule has 2 aromatic rings. The van der Waals surface area contributed by atoms with Gasteiger partial charge in [-0.2, -0.15) is 0 Å². The second kappa shape index (κ2) is 8.43. The number of esters is 1. The Bertz CT molecular complexity index is 788. The average Bonchev–Trinajstić information content (AvgIpc) is 2.56. The fourth-order valence-electron chi connectivity index (χ4n) is 2.17. The van der Waals surface area contributed by atoms with Crippen molar-refractivity contribution in [3.8, 4) is 5.75 Å². The van der Waals surface area contributed by atoms with E-state index in [2.05, 4.69) is 21.2 Å². The second-order valence-electron chi connectivity index (χ2n) is 5.28. The van der Waals surface area contributed by atoms with E-state index in [0.29, 0.717) is 5.75 Å². The van der Waals surface area contributed by atoms with Gasteiger partial charge in [0.1, 0.15) is 11.8 Å². The molecule has 2 rings (SSSR count). The van der Waals surface area contributed by atoms with Crippen LogP contribution in [0, 0.1) is 0 Å². The lowest BCUT2D eigenvalue weighted by Crippen LogP contribution is -2.42. The number of carbonyl (C=O) groups excluding carboxylic acids is 2. The van der Waals surface area contributed by atoms with Gasteiger partial charge in [0.2, 0.25) is 0 Å². The molecule has 0 heterocycles. The summed E-state index contributed by atoms with van der Waals surface area (Å²) < 4.78 is 5.67. The van der Waals surface area contributed by atoms with Gasteiger partial charge in [0.05, 0.1) is 0 Å². The zero-order valence-electron chi connectivity index (χ0n) is 13.4. The Labute approximate surface area is 152 Å². The first-order chi connectivity index (χ1) is 11.9. The highest BCUT2D eigenvalue weighted by atomic mass is 79.9. The Morgan fingerprint density at radius 1 is 1.12 bits per heavy atom. The van der Waals surface area contributed by atoms with Crippen LogP contribution in [0.5, 0.6) is 5.75 Å². The summed E-state index contributed by atoms with van der Waals surface area (Å²) in [6.45, 7) is 1.28. The van der Waals surface area contributed by atoms with Crippen molar-refractivity contribution in [1.82, 2.24) is 5.32 Å². The molecule has 1 atom stereocenters. The molecule has 0 fully saturated rings. The Balaban J connectivity index is 2.08. The van der Waals surface area contributed by atoms with Crippen molar-refractivity contribution in [2.45, 2.75) is 19.4 Å². The van der Waals surface area contributed by atoms with Crippen LogP contribution < -0.4 is 10.1 Å². The van der Waals surface area contributed by atoms with Gasteiger partial charge in [-0.15, -0.1) is 0 Å². The molecular formula is C18H16BrNO5. The quantitative estimate of drug-likeness (QED) is 0.569. The minimum absolute atomic E-state index is 0.147. The Hall–Kier alpha value is -2.67. The fraction of sp³-hybridized carbons (Fsp3) is 0.167. The van der Waals surface area contributed by atoms with Gasteiger partial charge in [0.15, 0.2) is 0 Å². The molecule has 1 amide bonds. The molecule has 0 bridgehead atoms. The number of carboxylic acid groups (broad SMARTS) is 1. The van der Waals surface area contributed by atoms with Gasteiger partial charge in [0, 0.05) is 23.4 Å². The standard InChI is InChI=1S/C18H16BrNO5/c1-11(21)25-14-8-6-12(7-9-14)17(22)20-16(18(23)24)10-13-4-2-3-5-15(13)19/h2-9,16H,10H2,1H3,(H,20,22)(H,23,24)/t16-/m0/s1. The van der Waals surface area contributed by atoms with Gasteiger partial charge < -0.3 is 15.2 Å². The molecule has 2 N–H and O–H groups in total. The third kappa shape index (κ3) is 5.42. The molecule has 0 aliphatic rings. The second-order valence-corrected chi connectivity index (χ2v) is 6.13.